The number of benzene rings is 1. The van der Waals surface area contributed by atoms with Crippen LogP contribution in [0.2, 0.25) is 0 Å². The molecule has 0 saturated carbocycles. The molecule has 16 heavy (non-hydrogen) atoms. The van der Waals surface area contributed by atoms with Crippen molar-refractivity contribution in [3.63, 3.8) is 0 Å². The molecule has 0 bridgehead atoms. The average Bonchev–Trinajstić information content (AvgIpc) is 2.27. The minimum Gasteiger partial charge on any atom is -0.496 e. The first kappa shape index (κ1) is 12.0. The van der Waals surface area contributed by atoms with E-state index < -0.39 is 17.4 Å². The van der Waals surface area contributed by atoms with Crippen LogP contribution >= 0.6 is 0 Å². The Balaban J connectivity index is 3.10. The zero-order chi connectivity index (χ0) is 12.1. The summed E-state index contributed by atoms with van der Waals surface area (Å²) < 4.78 is 9.48. The van der Waals surface area contributed by atoms with Gasteiger partial charge >= 0.3 is 5.97 Å². The average molecular weight is 225 g/mol. The van der Waals surface area contributed by atoms with Crippen LogP contribution in [0.4, 0.5) is 0 Å². The van der Waals surface area contributed by atoms with Crippen molar-refractivity contribution < 1.29 is 19.2 Å². The van der Waals surface area contributed by atoms with Crippen LogP contribution in [0.3, 0.4) is 0 Å². The molecular weight excluding hydrogens is 214 g/mol. The SMILES string of the molecule is COC(=O)c1ccc(OC)c(C[N+](=O)[O-])c1. The van der Waals surface area contributed by atoms with E-state index >= 15 is 0 Å². The summed E-state index contributed by atoms with van der Waals surface area (Å²) in [5, 5.41) is 10.4. The van der Waals surface area contributed by atoms with Crippen molar-refractivity contribution in [2.75, 3.05) is 14.2 Å². The maximum atomic E-state index is 11.2. The molecule has 6 nitrogen and oxygen atoms in total. The molecule has 0 N–H and O–H groups in total. The number of hydrogen-bond acceptors (Lipinski definition) is 5. The molecule has 0 aliphatic heterocycles. The van der Waals surface area contributed by atoms with Gasteiger partial charge in [0.05, 0.1) is 25.3 Å². The van der Waals surface area contributed by atoms with E-state index in [0.29, 0.717) is 11.3 Å². The third kappa shape index (κ3) is 2.69. The zero-order valence-corrected chi connectivity index (χ0v) is 8.93. The van der Waals surface area contributed by atoms with Gasteiger partial charge in [0.25, 0.3) is 0 Å². The zero-order valence-electron chi connectivity index (χ0n) is 8.93. The fourth-order valence-corrected chi connectivity index (χ4v) is 1.29. The molecule has 0 spiro atoms. The Bertz CT molecular complexity index is 416. The second-order valence-electron chi connectivity index (χ2n) is 3.01. The molecule has 0 radical (unpaired) electrons. The molecule has 0 heterocycles. The van der Waals surface area contributed by atoms with E-state index in [1.165, 1.54) is 32.4 Å². The highest BCUT2D eigenvalue weighted by Gasteiger charge is 2.13. The minimum atomic E-state index is -0.535. The van der Waals surface area contributed by atoms with Gasteiger partial charge in [0.15, 0.2) is 0 Å². The van der Waals surface area contributed by atoms with Gasteiger partial charge in [-0.15, -0.1) is 0 Å². The van der Waals surface area contributed by atoms with Gasteiger partial charge in [0.2, 0.25) is 6.54 Å². The van der Waals surface area contributed by atoms with Crippen LogP contribution in [-0.4, -0.2) is 25.1 Å². The molecule has 0 aliphatic rings. The number of nitro groups is 1. The molecule has 1 aromatic carbocycles. The molecular formula is C10H11NO5. The Kier molecular flexibility index (Phi) is 3.82. The molecule has 0 amide bonds. The number of carbonyl (C=O) groups is 1. The van der Waals surface area contributed by atoms with E-state index in [1.807, 2.05) is 0 Å². The monoisotopic (exact) mass is 225 g/mol. The highest BCUT2D eigenvalue weighted by Crippen LogP contribution is 2.20. The first-order chi connectivity index (χ1) is 7.58. The fourth-order valence-electron chi connectivity index (χ4n) is 1.29. The lowest BCUT2D eigenvalue weighted by atomic mass is 10.1. The Labute approximate surface area is 91.9 Å². The third-order valence-electron chi connectivity index (χ3n) is 2.00. The van der Waals surface area contributed by atoms with Crippen LogP contribution in [0.5, 0.6) is 5.75 Å². The largest absolute Gasteiger partial charge is 0.496 e. The van der Waals surface area contributed by atoms with Crippen molar-refractivity contribution in [3.05, 3.63) is 39.4 Å². The summed E-state index contributed by atoms with van der Waals surface area (Å²) in [7, 11) is 2.66. The number of esters is 1. The van der Waals surface area contributed by atoms with Crippen molar-refractivity contribution in [1.82, 2.24) is 0 Å². The van der Waals surface area contributed by atoms with Crippen LogP contribution < -0.4 is 4.74 Å². The van der Waals surface area contributed by atoms with Crippen LogP contribution in [-0.2, 0) is 11.3 Å². The van der Waals surface area contributed by atoms with Crippen molar-refractivity contribution in [3.8, 4) is 5.75 Å². The Morgan fingerprint density at radius 1 is 1.44 bits per heavy atom. The van der Waals surface area contributed by atoms with Crippen molar-refractivity contribution in [1.29, 1.82) is 0 Å². The summed E-state index contributed by atoms with van der Waals surface area (Å²) in [6.07, 6.45) is 0. The number of ether oxygens (including phenoxy) is 2. The Hall–Kier alpha value is -2.11. The summed E-state index contributed by atoms with van der Waals surface area (Å²) in [4.78, 5) is 21.2. The number of rotatable bonds is 4. The van der Waals surface area contributed by atoms with Gasteiger partial charge in [0, 0.05) is 4.92 Å². The molecule has 1 aromatic rings. The predicted octanol–water partition coefficient (Wildman–Crippen LogP) is 1.26. The minimum absolute atomic E-state index is 0.264. The summed E-state index contributed by atoms with van der Waals surface area (Å²) in [6, 6.07) is 4.40. The number of hydrogen-bond donors (Lipinski definition) is 0. The van der Waals surface area contributed by atoms with Crippen LogP contribution in [0.1, 0.15) is 15.9 Å². The maximum absolute atomic E-state index is 11.2. The van der Waals surface area contributed by atoms with Crippen molar-refractivity contribution in [2.45, 2.75) is 6.54 Å². The highest BCUT2D eigenvalue weighted by molar-refractivity contribution is 5.89. The smallest absolute Gasteiger partial charge is 0.337 e. The Morgan fingerprint density at radius 3 is 2.62 bits per heavy atom. The second-order valence-corrected chi connectivity index (χ2v) is 3.01. The van der Waals surface area contributed by atoms with Crippen molar-refractivity contribution in [2.24, 2.45) is 0 Å². The first-order valence-electron chi connectivity index (χ1n) is 4.45. The van der Waals surface area contributed by atoms with E-state index in [0.717, 1.165) is 0 Å². The molecule has 0 fully saturated rings. The van der Waals surface area contributed by atoms with Gasteiger partial charge in [-0.2, -0.15) is 0 Å². The third-order valence-corrected chi connectivity index (χ3v) is 2.00. The van der Waals surface area contributed by atoms with Crippen LogP contribution in [0, 0.1) is 10.1 Å². The summed E-state index contributed by atoms with van der Waals surface area (Å²) in [6.45, 7) is -0.395. The van der Waals surface area contributed by atoms with Gasteiger partial charge in [-0.05, 0) is 18.2 Å². The van der Waals surface area contributed by atoms with Crippen LogP contribution in [0.15, 0.2) is 18.2 Å². The van der Waals surface area contributed by atoms with Gasteiger partial charge < -0.3 is 9.47 Å². The van der Waals surface area contributed by atoms with E-state index in [4.69, 9.17) is 4.74 Å². The van der Waals surface area contributed by atoms with E-state index in [-0.39, 0.29) is 5.56 Å². The maximum Gasteiger partial charge on any atom is 0.337 e. The fraction of sp³-hybridized carbons (Fsp3) is 0.300. The van der Waals surface area contributed by atoms with Crippen LogP contribution in [0.25, 0.3) is 0 Å². The standard InChI is InChI=1S/C10H11NO5/c1-15-9-4-3-7(10(12)16-2)5-8(9)6-11(13)14/h3-5H,6H2,1-2H3. The second kappa shape index (κ2) is 5.11. The highest BCUT2D eigenvalue weighted by atomic mass is 16.6. The topological polar surface area (TPSA) is 78.7 Å². The molecule has 0 atom stereocenters. The van der Waals surface area contributed by atoms with Gasteiger partial charge in [-0.3, -0.25) is 10.1 Å². The molecule has 1 rings (SSSR count). The molecule has 0 aromatic heterocycles. The summed E-state index contributed by atoms with van der Waals surface area (Å²) in [5.74, 6) is -0.156. The lowest BCUT2D eigenvalue weighted by Crippen LogP contribution is -2.05. The lowest BCUT2D eigenvalue weighted by Gasteiger charge is -2.06. The van der Waals surface area contributed by atoms with E-state index in [9.17, 15) is 14.9 Å². The number of methoxy groups -OCH3 is 2. The van der Waals surface area contributed by atoms with Gasteiger partial charge in [-0.1, -0.05) is 0 Å². The molecule has 0 aliphatic carbocycles. The number of carbonyl (C=O) groups excluding carboxylic acids is 1. The molecule has 0 saturated heterocycles. The van der Waals surface area contributed by atoms with Crippen molar-refractivity contribution >= 4 is 5.97 Å². The van der Waals surface area contributed by atoms with E-state index in [1.54, 1.807) is 0 Å². The quantitative estimate of drug-likeness (QED) is 0.438. The van der Waals surface area contributed by atoms with Gasteiger partial charge in [0.1, 0.15) is 5.75 Å². The normalized spacial score (nSPS) is 9.62. The first-order valence-corrected chi connectivity index (χ1v) is 4.45. The Morgan fingerprint density at radius 2 is 2.12 bits per heavy atom. The summed E-state index contributed by atoms with van der Waals surface area (Å²) in [5.41, 5.74) is 0.607. The lowest BCUT2D eigenvalue weighted by molar-refractivity contribution is -0.496. The van der Waals surface area contributed by atoms with Gasteiger partial charge in [-0.25, -0.2) is 4.79 Å². The molecule has 6 heteroatoms. The number of nitrogens with zero attached hydrogens (tertiary/aromatic N) is 1. The van der Waals surface area contributed by atoms with E-state index in [2.05, 4.69) is 4.74 Å². The molecule has 0 unspecified atom stereocenters. The molecule has 86 valence electrons. The summed E-state index contributed by atoms with van der Waals surface area (Å²) >= 11 is 0. The predicted molar refractivity (Wildman–Crippen MR) is 55.0 cm³/mol.